The molecule has 1 saturated heterocycles. The van der Waals surface area contributed by atoms with Crippen LogP contribution in [0.4, 0.5) is 32.0 Å². The van der Waals surface area contributed by atoms with Crippen molar-refractivity contribution in [2.45, 2.75) is 41.6 Å². The Morgan fingerprint density at radius 1 is 1.06 bits per heavy atom. The standard InChI is InChI=1S/C22H22F6N2O4S2/c1-2-17(31)7-5-15-14-16(20(32,21(23,24)25)22(26,27)28)6-8-18(15)29-9-11-30(12-10-29)36(33,34)19-4-3-13-35-19/h3-4,6,8,13-14,17,31-32H,2,9-12H2,1H3/t17-/m1/s1. The fraction of sp³-hybridized carbons (Fsp3) is 0.455. The van der Waals surface area contributed by atoms with Crippen LogP contribution in [0.1, 0.15) is 24.5 Å². The molecular weight excluding hydrogens is 534 g/mol. The summed E-state index contributed by atoms with van der Waals surface area (Å²) < 4.78 is 107. The Balaban J connectivity index is 1.99. The van der Waals surface area contributed by atoms with Crippen molar-refractivity contribution >= 4 is 27.0 Å². The van der Waals surface area contributed by atoms with E-state index in [1.165, 1.54) is 10.4 Å². The first-order chi connectivity index (χ1) is 16.6. The van der Waals surface area contributed by atoms with Crippen molar-refractivity contribution in [3.63, 3.8) is 0 Å². The van der Waals surface area contributed by atoms with Crippen LogP contribution in [-0.4, -0.2) is 67.6 Å². The number of aliphatic hydroxyl groups excluding tert-OH is 1. The van der Waals surface area contributed by atoms with Gasteiger partial charge in [0, 0.05) is 37.3 Å². The molecule has 2 heterocycles. The Morgan fingerprint density at radius 3 is 2.17 bits per heavy atom. The largest absolute Gasteiger partial charge is 0.430 e. The second-order valence-corrected chi connectivity index (χ2v) is 11.1. The van der Waals surface area contributed by atoms with E-state index in [1.807, 2.05) is 0 Å². The molecule has 1 aromatic carbocycles. The minimum Gasteiger partial charge on any atom is -0.380 e. The summed E-state index contributed by atoms with van der Waals surface area (Å²) in [5.41, 5.74) is -6.73. The number of rotatable bonds is 5. The Labute approximate surface area is 207 Å². The SMILES string of the molecule is CC[C@@H](O)C#Cc1cc(C(O)(C(F)(F)F)C(F)(F)F)ccc1N1CCN(S(=O)(=O)c2cccs2)CC1. The highest BCUT2D eigenvalue weighted by Crippen LogP contribution is 2.50. The summed E-state index contributed by atoms with van der Waals surface area (Å²) in [4.78, 5) is 1.58. The van der Waals surface area contributed by atoms with Crippen molar-refractivity contribution in [1.29, 1.82) is 0 Å². The van der Waals surface area contributed by atoms with Gasteiger partial charge in [-0.05, 0) is 30.0 Å². The maximum Gasteiger partial charge on any atom is 0.430 e. The molecule has 0 bridgehead atoms. The van der Waals surface area contributed by atoms with Gasteiger partial charge in [0.15, 0.2) is 0 Å². The van der Waals surface area contributed by atoms with Gasteiger partial charge < -0.3 is 15.1 Å². The van der Waals surface area contributed by atoms with E-state index in [9.17, 15) is 45.0 Å². The van der Waals surface area contributed by atoms with E-state index in [0.717, 1.165) is 17.4 Å². The molecule has 0 unspecified atom stereocenters. The monoisotopic (exact) mass is 556 g/mol. The van der Waals surface area contributed by atoms with E-state index in [2.05, 4.69) is 11.8 Å². The maximum atomic E-state index is 13.4. The summed E-state index contributed by atoms with van der Waals surface area (Å²) in [6.07, 6.45) is -13.2. The second-order valence-electron chi connectivity index (χ2n) is 7.95. The van der Waals surface area contributed by atoms with Crippen molar-refractivity contribution in [2.24, 2.45) is 0 Å². The smallest absolute Gasteiger partial charge is 0.380 e. The third-order valence-electron chi connectivity index (χ3n) is 5.66. The lowest BCUT2D eigenvalue weighted by Crippen LogP contribution is -2.54. The molecule has 3 rings (SSSR count). The summed E-state index contributed by atoms with van der Waals surface area (Å²) in [7, 11) is -3.74. The number of aliphatic hydroxyl groups is 2. The number of piperazine rings is 1. The quantitative estimate of drug-likeness (QED) is 0.434. The number of halogens is 6. The van der Waals surface area contributed by atoms with Crippen LogP contribution in [0, 0.1) is 11.8 Å². The van der Waals surface area contributed by atoms with Gasteiger partial charge in [-0.3, -0.25) is 0 Å². The first kappa shape index (κ1) is 28.3. The number of thiophene rings is 1. The van der Waals surface area contributed by atoms with Gasteiger partial charge in [0.25, 0.3) is 15.6 Å². The summed E-state index contributed by atoms with van der Waals surface area (Å²) in [5.74, 6) is 4.79. The van der Waals surface area contributed by atoms with Crippen LogP contribution >= 0.6 is 11.3 Å². The molecule has 1 fully saturated rings. The summed E-state index contributed by atoms with van der Waals surface area (Å²) in [6, 6.07) is 5.05. The van der Waals surface area contributed by atoms with Crippen molar-refractivity contribution in [1.82, 2.24) is 4.31 Å². The number of benzene rings is 1. The molecule has 2 aromatic rings. The number of sulfonamides is 1. The van der Waals surface area contributed by atoms with Crippen molar-refractivity contribution < 1.29 is 45.0 Å². The average molecular weight is 557 g/mol. The van der Waals surface area contributed by atoms with Crippen molar-refractivity contribution in [3.05, 3.63) is 46.8 Å². The first-order valence-electron chi connectivity index (χ1n) is 10.6. The molecule has 0 aliphatic carbocycles. The number of alkyl halides is 6. The molecule has 1 aliphatic heterocycles. The lowest BCUT2D eigenvalue weighted by molar-refractivity contribution is -0.376. The Bertz CT molecular complexity index is 1210. The van der Waals surface area contributed by atoms with E-state index in [-0.39, 0.29) is 48.1 Å². The third-order valence-corrected chi connectivity index (χ3v) is 8.94. The Kier molecular flexibility index (Phi) is 8.02. The van der Waals surface area contributed by atoms with Gasteiger partial charge >= 0.3 is 12.4 Å². The Hall–Kier alpha value is -2.31. The Morgan fingerprint density at radius 2 is 1.67 bits per heavy atom. The van der Waals surface area contributed by atoms with Crippen LogP contribution in [0.3, 0.4) is 0 Å². The number of anilines is 1. The molecule has 1 aromatic heterocycles. The second kappa shape index (κ2) is 10.2. The summed E-state index contributed by atoms with van der Waals surface area (Å²) in [6.45, 7) is 1.77. The van der Waals surface area contributed by atoms with Crippen LogP contribution < -0.4 is 4.90 Å². The molecule has 14 heteroatoms. The zero-order valence-corrected chi connectivity index (χ0v) is 20.4. The number of hydrogen-bond donors (Lipinski definition) is 2. The van der Waals surface area contributed by atoms with E-state index in [1.54, 1.807) is 23.3 Å². The highest BCUT2D eigenvalue weighted by Gasteiger charge is 2.71. The van der Waals surface area contributed by atoms with Gasteiger partial charge in [-0.2, -0.15) is 30.6 Å². The van der Waals surface area contributed by atoms with Gasteiger partial charge in [0.2, 0.25) is 0 Å². The van der Waals surface area contributed by atoms with Crippen LogP contribution in [0.25, 0.3) is 0 Å². The van der Waals surface area contributed by atoms with E-state index in [4.69, 9.17) is 0 Å². The zero-order chi connectivity index (χ0) is 26.9. The van der Waals surface area contributed by atoms with Crippen LogP contribution in [0.5, 0.6) is 0 Å². The molecule has 1 atom stereocenters. The zero-order valence-electron chi connectivity index (χ0n) is 18.8. The fourth-order valence-electron chi connectivity index (χ4n) is 3.59. The highest BCUT2D eigenvalue weighted by atomic mass is 32.2. The van der Waals surface area contributed by atoms with Gasteiger partial charge in [-0.25, -0.2) is 8.42 Å². The summed E-state index contributed by atoms with van der Waals surface area (Å²) >= 11 is 1.05. The van der Waals surface area contributed by atoms with E-state index in [0.29, 0.717) is 12.1 Å². The highest BCUT2D eigenvalue weighted by molar-refractivity contribution is 7.91. The lowest BCUT2D eigenvalue weighted by atomic mass is 9.90. The van der Waals surface area contributed by atoms with Crippen LogP contribution in [-0.2, 0) is 15.6 Å². The molecule has 36 heavy (non-hydrogen) atoms. The molecule has 2 N–H and O–H groups in total. The normalized spacial score (nSPS) is 17.0. The number of nitrogens with zero attached hydrogens (tertiary/aromatic N) is 2. The predicted molar refractivity (Wildman–Crippen MR) is 121 cm³/mol. The van der Waals surface area contributed by atoms with Crippen molar-refractivity contribution in [2.75, 3.05) is 31.1 Å². The van der Waals surface area contributed by atoms with Crippen LogP contribution in [0.15, 0.2) is 39.9 Å². The van der Waals surface area contributed by atoms with Crippen LogP contribution in [0.2, 0.25) is 0 Å². The molecule has 198 valence electrons. The predicted octanol–water partition coefficient (Wildman–Crippen LogP) is 3.69. The number of hydrogen-bond acceptors (Lipinski definition) is 6. The van der Waals surface area contributed by atoms with E-state index >= 15 is 0 Å². The topological polar surface area (TPSA) is 81.1 Å². The van der Waals surface area contributed by atoms with Gasteiger partial charge in [0.1, 0.15) is 10.3 Å². The fourth-order valence-corrected chi connectivity index (χ4v) is 6.16. The molecule has 0 amide bonds. The third kappa shape index (κ3) is 5.35. The molecule has 1 aliphatic rings. The van der Waals surface area contributed by atoms with Gasteiger partial charge in [0.05, 0.1) is 5.69 Å². The van der Waals surface area contributed by atoms with Gasteiger partial charge in [-0.1, -0.05) is 30.9 Å². The molecule has 0 saturated carbocycles. The molecule has 0 spiro atoms. The van der Waals surface area contributed by atoms with Gasteiger partial charge in [-0.15, -0.1) is 11.3 Å². The van der Waals surface area contributed by atoms with Crippen molar-refractivity contribution in [3.8, 4) is 11.8 Å². The minimum atomic E-state index is -6.07. The maximum absolute atomic E-state index is 13.4. The first-order valence-corrected chi connectivity index (χ1v) is 12.9. The van der Waals surface area contributed by atoms with E-state index < -0.39 is 39.6 Å². The summed E-state index contributed by atoms with van der Waals surface area (Å²) in [5, 5.41) is 21.2. The lowest BCUT2D eigenvalue weighted by Gasteiger charge is -2.36. The average Bonchev–Trinajstić information content (AvgIpc) is 3.36. The minimum absolute atomic E-state index is 0.0154. The molecule has 6 nitrogen and oxygen atoms in total. The molecular formula is C22H22F6N2O4S2. The molecule has 0 radical (unpaired) electrons.